The minimum atomic E-state index is 0.407. The van der Waals surface area contributed by atoms with Gasteiger partial charge in [-0.3, -0.25) is 0 Å². The van der Waals surface area contributed by atoms with Crippen LogP contribution in [0.15, 0.2) is 24.3 Å². The number of para-hydroxylation sites is 1. The summed E-state index contributed by atoms with van der Waals surface area (Å²) in [6, 6.07) is 9.52. The van der Waals surface area contributed by atoms with Crippen LogP contribution in [0.1, 0.15) is 50.6 Å². The monoisotopic (exact) mass is 245 g/mol. The third kappa shape index (κ3) is 2.39. The normalized spacial score (nSPS) is 30.8. The van der Waals surface area contributed by atoms with E-state index in [0.29, 0.717) is 12.1 Å². The first-order valence-corrected chi connectivity index (χ1v) is 7.34. The Kier molecular flexibility index (Phi) is 3.55. The summed E-state index contributed by atoms with van der Waals surface area (Å²) in [5.74, 6) is 2.03. The van der Waals surface area contributed by atoms with Gasteiger partial charge in [-0.15, -0.1) is 0 Å². The van der Waals surface area contributed by atoms with Crippen LogP contribution in [-0.2, 0) is 0 Å². The van der Waals surface area contributed by atoms with Crippen molar-refractivity contribution in [3.63, 3.8) is 0 Å². The Bertz CT molecular complexity index is 396. The van der Waals surface area contributed by atoms with Crippen molar-refractivity contribution in [2.75, 3.05) is 6.61 Å². The second-order valence-corrected chi connectivity index (χ2v) is 5.69. The lowest BCUT2D eigenvalue weighted by atomic mass is 9.84. The van der Waals surface area contributed by atoms with Crippen LogP contribution in [0.5, 0.6) is 5.75 Å². The van der Waals surface area contributed by atoms with Crippen LogP contribution in [0.2, 0.25) is 0 Å². The summed E-state index contributed by atoms with van der Waals surface area (Å²) in [6.07, 6.45) is 6.79. The molecular weight excluding hydrogens is 222 g/mol. The van der Waals surface area contributed by atoms with E-state index in [2.05, 4.69) is 30.4 Å². The second kappa shape index (κ2) is 5.31. The van der Waals surface area contributed by atoms with E-state index in [0.717, 1.165) is 18.3 Å². The number of benzene rings is 1. The Labute approximate surface area is 110 Å². The fourth-order valence-electron chi connectivity index (χ4n) is 3.32. The molecule has 2 aliphatic rings. The predicted octanol–water partition coefficient (Wildman–Crippen LogP) is 3.68. The molecule has 0 spiro atoms. The molecule has 3 rings (SSSR count). The van der Waals surface area contributed by atoms with Crippen molar-refractivity contribution in [2.24, 2.45) is 5.92 Å². The molecule has 0 aromatic heterocycles. The topological polar surface area (TPSA) is 21.3 Å². The predicted molar refractivity (Wildman–Crippen MR) is 73.9 cm³/mol. The van der Waals surface area contributed by atoms with Crippen LogP contribution in [0.4, 0.5) is 0 Å². The number of ether oxygens (including phenoxy) is 1. The first-order chi connectivity index (χ1) is 8.86. The summed E-state index contributed by atoms with van der Waals surface area (Å²) < 4.78 is 5.73. The highest BCUT2D eigenvalue weighted by molar-refractivity contribution is 5.39. The van der Waals surface area contributed by atoms with Crippen molar-refractivity contribution < 1.29 is 4.74 Å². The molecule has 0 bridgehead atoms. The average Bonchev–Trinajstić information content (AvgIpc) is 2.83. The highest BCUT2D eigenvalue weighted by Gasteiger charge is 2.27. The van der Waals surface area contributed by atoms with Gasteiger partial charge in [0.25, 0.3) is 0 Å². The van der Waals surface area contributed by atoms with Gasteiger partial charge < -0.3 is 10.1 Å². The van der Waals surface area contributed by atoms with Crippen LogP contribution in [0.25, 0.3) is 0 Å². The van der Waals surface area contributed by atoms with E-state index in [1.165, 1.54) is 37.7 Å². The Morgan fingerprint density at radius 3 is 2.72 bits per heavy atom. The average molecular weight is 245 g/mol. The number of nitrogens with one attached hydrogen (secondary N) is 1. The van der Waals surface area contributed by atoms with E-state index in [1.807, 2.05) is 6.07 Å². The number of hydrogen-bond acceptors (Lipinski definition) is 2. The molecule has 1 atom stereocenters. The smallest absolute Gasteiger partial charge is 0.124 e. The summed E-state index contributed by atoms with van der Waals surface area (Å²) in [7, 11) is 0. The molecule has 98 valence electrons. The maximum Gasteiger partial charge on any atom is 0.124 e. The van der Waals surface area contributed by atoms with E-state index in [4.69, 9.17) is 4.74 Å². The molecule has 2 nitrogen and oxygen atoms in total. The van der Waals surface area contributed by atoms with E-state index in [-0.39, 0.29) is 0 Å². The number of hydrogen-bond donors (Lipinski definition) is 1. The van der Waals surface area contributed by atoms with Crippen molar-refractivity contribution in [3.8, 4) is 5.75 Å². The molecule has 1 aromatic rings. The number of fused-ring (bicyclic) bond motifs is 1. The molecule has 0 radical (unpaired) electrons. The van der Waals surface area contributed by atoms with Gasteiger partial charge in [0, 0.05) is 11.6 Å². The summed E-state index contributed by atoms with van der Waals surface area (Å²) in [5, 5.41) is 3.79. The van der Waals surface area contributed by atoms with E-state index < -0.39 is 0 Å². The summed E-state index contributed by atoms with van der Waals surface area (Å²) in [5.41, 5.74) is 1.34. The van der Waals surface area contributed by atoms with Gasteiger partial charge in [-0.05, 0) is 37.7 Å². The van der Waals surface area contributed by atoms with Gasteiger partial charge in [0.2, 0.25) is 0 Å². The quantitative estimate of drug-likeness (QED) is 0.877. The second-order valence-electron chi connectivity index (χ2n) is 5.69. The van der Waals surface area contributed by atoms with Crippen LogP contribution in [-0.4, -0.2) is 12.6 Å². The molecule has 18 heavy (non-hydrogen) atoms. The zero-order valence-corrected chi connectivity index (χ0v) is 11.2. The Hall–Kier alpha value is -1.02. The molecule has 1 aliphatic carbocycles. The van der Waals surface area contributed by atoms with Crippen molar-refractivity contribution in [1.82, 2.24) is 5.32 Å². The minimum absolute atomic E-state index is 0.407. The summed E-state index contributed by atoms with van der Waals surface area (Å²) in [4.78, 5) is 0. The molecule has 0 saturated heterocycles. The van der Waals surface area contributed by atoms with Gasteiger partial charge in [-0.25, -0.2) is 0 Å². The molecule has 1 aliphatic heterocycles. The molecule has 1 heterocycles. The standard InChI is InChI=1S/C16H23NO/c1-2-12-7-9-13(10-8-12)17-15-11-18-16-6-4-3-5-14(15)16/h3-6,12-13,15,17H,2,7-11H2,1H3. The summed E-state index contributed by atoms with van der Waals surface area (Å²) in [6.45, 7) is 3.12. The van der Waals surface area contributed by atoms with Crippen LogP contribution in [0.3, 0.4) is 0 Å². The van der Waals surface area contributed by atoms with Gasteiger partial charge in [0.15, 0.2) is 0 Å². The van der Waals surface area contributed by atoms with Crippen molar-refractivity contribution in [1.29, 1.82) is 0 Å². The van der Waals surface area contributed by atoms with Crippen LogP contribution >= 0.6 is 0 Å². The zero-order chi connectivity index (χ0) is 12.4. The van der Waals surface area contributed by atoms with Gasteiger partial charge in [-0.2, -0.15) is 0 Å². The fraction of sp³-hybridized carbons (Fsp3) is 0.625. The van der Waals surface area contributed by atoms with Gasteiger partial charge in [0.05, 0.1) is 6.04 Å². The lowest BCUT2D eigenvalue weighted by Crippen LogP contribution is -2.36. The largest absolute Gasteiger partial charge is 0.491 e. The molecule has 1 unspecified atom stereocenters. The molecule has 1 N–H and O–H groups in total. The van der Waals surface area contributed by atoms with E-state index in [1.54, 1.807) is 0 Å². The van der Waals surface area contributed by atoms with Gasteiger partial charge in [0.1, 0.15) is 12.4 Å². The van der Waals surface area contributed by atoms with Gasteiger partial charge in [-0.1, -0.05) is 31.5 Å². The Morgan fingerprint density at radius 1 is 1.17 bits per heavy atom. The van der Waals surface area contributed by atoms with Gasteiger partial charge >= 0.3 is 0 Å². The minimum Gasteiger partial charge on any atom is -0.491 e. The third-order valence-electron chi connectivity index (χ3n) is 4.56. The lowest BCUT2D eigenvalue weighted by molar-refractivity contribution is 0.245. The molecule has 1 aromatic carbocycles. The first-order valence-electron chi connectivity index (χ1n) is 7.34. The van der Waals surface area contributed by atoms with Crippen molar-refractivity contribution >= 4 is 0 Å². The maximum absolute atomic E-state index is 5.73. The summed E-state index contributed by atoms with van der Waals surface area (Å²) >= 11 is 0. The number of rotatable bonds is 3. The molecule has 1 fully saturated rings. The molecule has 0 amide bonds. The SMILES string of the molecule is CCC1CCC(NC2COc3ccccc32)CC1. The Balaban J connectivity index is 1.59. The Morgan fingerprint density at radius 2 is 1.94 bits per heavy atom. The maximum atomic E-state index is 5.73. The van der Waals surface area contributed by atoms with Crippen LogP contribution in [0, 0.1) is 5.92 Å². The first kappa shape index (κ1) is 12.0. The molecule has 2 heteroatoms. The van der Waals surface area contributed by atoms with Crippen molar-refractivity contribution in [3.05, 3.63) is 29.8 Å². The lowest BCUT2D eigenvalue weighted by Gasteiger charge is -2.30. The third-order valence-corrected chi connectivity index (χ3v) is 4.56. The van der Waals surface area contributed by atoms with Crippen molar-refractivity contribution in [2.45, 2.75) is 51.1 Å². The van der Waals surface area contributed by atoms with E-state index >= 15 is 0 Å². The highest BCUT2D eigenvalue weighted by atomic mass is 16.5. The zero-order valence-electron chi connectivity index (χ0n) is 11.2. The molecular formula is C16H23NO. The highest BCUT2D eigenvalue weighted by Crippen LogP contribution is 2.34. The molecule has 1 saturated carbocycles. The van der Waals surface area contributed by atoms with Crippen LogP contribution < -0.4 is 10.1 Å². The fourth-order valence-corrected chi connectivity index (χ4v) is 3.32. The van der Waals surface area contributed by atoms with E-state index in [9.17, 15) is 0 Å².